The lowest BCUT2D eigenvalue weighted by molar-refractivity contribution is 0.145. The van der Waals surface area contributed by atoms with Crippen LogP contribution in [0.3, 0.4) is 0 Å². The predicted octanol–water partition coefficient (Wildman–Crippen LogP) is 4.16. The monoisotopic (exact) mass is 549 g/mol. The van der Waals surface area contributed by atoms with Crippen LogP contribution in [-0.2, 0) is 17.8 Å². The van der Waals surface area contributed by atoms with Gasteiger partial charge < -0.3 is 24.7 Å². The molecule has 8 heteroatoms. The molecule has 0 aliphatic rings. The number of rotatable bonds is 11. The smallest absolute Gasteiger partial charge is 0.191 e. The molecule has 1 heterocycles. The molecule has 0 radical (unpaired) electrons. The molecular weight excluding hydrogens is 517 g/mol. The quantitative estimate of drug-likeness (QED) is 0.163. The summed E-state index contributed by atoms with van der Waals surface area (Å²) in [5.41, 5.74) is 3.38. The van der Waals surface area contributed by atoms with Gasteiger partial charge in [-0.2, -0.15) is 0 Å². The van der Waals surface area contributed by atoms with Crippen molar-refractivity contribution in [2.45, 2.75) is 26.4 Å². The molecule has 3 rings (SSSR count). The highest BCUT2D eigenvalue weighted by molar-refractivity contribution is 14.0. The molecular formula is C24H32IN5O2. The number of ether oxygens (including phenoxy) is 2. The topological polar surface area (TPSA) is 72.7 Å². The van der Waals surface area contributed by atoms with E-state index in [0.717, 1.165) is 54.7 Å². The summed E-state index contributed by atoms with van der Waals surface area (Å²) in [4.78, 5) is 8.93. The summed E-state index contributed by atoms with van der Waals surface area (Å²) in [6.45, 7) is 5.49. The van der Waals surface area contributed by atoms with E-state index >= 15 is 0 Å². The van der Waals surface area contributed by atoms with Crippen molar-refractivity contribution in [2.75, 3.05) is 26.9 Å². The summed E-state index contributed by atoms with van der Waals surface area (Å²) in [7, 11) is 1.67. The maximum absolute atomic E-state index is 5.43. The van der Waals surface area contributed by atoms with Crippen LogP contribution < -0.4 is 15.4 Å². The van der Waals surface area contributed by atoms with E-state index < -0.39 is 0 Å². The van der Waals surface area contributed by atoms with Gasteiger partial charge in [0.05, 0.1) is 25.7 Å². The van der Waals surface area contributed by atoms with Crippen molar-refractivity contribution in [2.24, 2.45) is 4.99 Å². The van der Waals surface area contributed by atoms with Gasteiger partial charge in [0.2, 0.25) is 0 Å². The lowest BCUT2D eigenvalue weighted by Gasteiger charge is -2.15. The first kappa shape index (κ1) is 25.7. The van der Waals surface area contributed by atoms with Crippen LogP contribution >= 0.6 is 24.0 Å². The second kappa shape index (κ2) is 14.5. The van der Waals surface area contributed by atoms with Gasteiger partial charge in [-0.05, 0) is 42.7 Å². The highest BCUT2D eigenvalue weighted by atomic mass is 127. The lowest BCUT2D eigenvalue weighted by atomic mass is 10.1. The average molecular weight is 549 g/mol. The van der Waals surface area contributed by atoms with Gasteiger partial charge >= 0.3 is 0 Å². The minimum atomic E-state index is 0. The number of nitrogens with one attached hydrogen (secondary N) is 2. The van der Waals surface area contributed by atoms with Crippen LogP contribution in [0.5, 0.6) is 5.75 Å². The number of halogens is 1. The Morgan fingerprint density at radius 2 is 1.91 bits per heavy atom. The number of benzene rings is 2. The van der Waals surface area contributed by atoms with Gasteiger partial charge in [-0.25, -0.2) is 9.98 Å². The van der Waals surface area contributed by atoms with Crippen LogP contribution in [0.2, 0.25) is 0 Å². The molecule has 2 aromatic carbocycles. The van der Waals surface area contributed by atoms with Crippen molar-refractivity contribution in [3.63, 3.8) is 0 Å². The zero-order valence-corrected chi connectivity index (χ0v) is 21.0. The largest absolute Gasteiger partial charge is 0.497 e. The molecule has 0 aliphatic carbocycles. The number of guanidine groups is 1. The van der Waals surface area contributed by atoms with Crippen molar-refractivity contribution < 1.29 is 9.47 Å². The second-order valence-corrected chi connectivity index (χ2v) is 6.94. The van der Waals surface area contributed by atoms with E-state index in [4.69, 9.17) is 14.5 Å². The molecule has 172 valence electrons. The summed E-state index contributed by atoms with van der Waals surface area (Å²) in [5.74, 6) is 1.61. The fourth-order valence-corrected chi connectivity index (χ4v) is 3.09. The summed E-state index contributed by atoms with van der Waals surface area (Å²) in [5, 5.41) is 6.87. The van der Waals surface area contributed by atoms with Crippen molar-refractivity contribution in [1.29, 1.82) is 0 Å². The van der Waals surface area contributed by atoms with Crippen molar-refractivity contribution in [3.8, 4) is 11.4 Å². The summed E-state index contributed by atoms with van der Waals surface area (Å²) >= 11 is 0. The SMILES string of the molecule is CCOCCCNC(=NCc1ccc(OC)cc1)NCc1ccccc1-n1ccnc1.I. The fourth-order valence-electron chi connectivity index (χ4n) is 3.09. The van der Waals surface area contributed by atoms with Gasteiger partial charge in [0, 0.05) is 38.7 Å². The van der Waals surface area contributed by atoms with Gasteiger partial charge in [0.15, 0.2) is 5.96 Å². The Labute approximate surface area is 207 Å². The maximum Gasteiger partial charge on any atom is 0.191 e. The molecule has 7 nitrogen and oxygen atoms in total. The molecule has 0 aliphatic heterocycles. The van der Waals surface area contributed by atoms with Crippen molar-refractivity contribution in [3.05, 3.63) is 78.4 Å². The number of aromatic nitrogens is 2. The zero-order chi connectivity index (χ0) is 21.7. The number of para-hydroxylation sites is 1. The first-order valence-electron chi connectivity index (χ1n) is 10.6. The third-order valence-electron chi connectivity index (χ3n) is 4.76. The summed E-state index contributed by atoms with van der Waals surface area (Å²) in [6.07, 6.45) is 6.46. The third-order valence-corrected chi connectivity index (χ3v) is 4.76. The molecule has 0 fully saturated rings. The van der Waals surface area contributed by atoms with Crippen molar-refractivity contribution in [1.82, 2.24) is 20.2 Å². The highest BCUT2D eigenvalue weighted by Crippen LogP contribution is 2.14. The molecule has 2 N–H and O–H groups in total. The molecule has 0 spiro atoms. The van der Waals surface area contributed by atoms with E-state index in [0.29, 0.717) is 13.1 Å². The minimum Gasteiger partial charge on any atom is -0.497 e. The molecule has 0 amide bonds. The zero-order valence-electron chi connectivity index (χ0n) is 18.7. The number of imidazole rings is 1. The first-order chi connectivity index (χ1) is 15.3. The standard InChI is InChI=1S/C24H31N5O2.HI/c1-3-31-16-6-13-26-24(27-17-20-9-11-22(30-2)12-10-20)28-18-21-7-4-5-8-23(21)29-15-14-25-19-29;/h4-5,7-12,14-15,19H,3,6,13,16-18H2,1-2H3,(H2,26,27,28);1H. The molecule has 3 aromatic rings. The summed E-state index contributed by atoms with van der Waals surface area (Å²) < 4.78 is 12.7. The minimum absolute atomic E-state index is 0. The van der Waals surface area contributed by atoms with Gasteiger partial charge in [-0.1, -0.05) is 30.3 Å². The highest BCUT2D eigenvalue weighted by Gasteiger charge is 2.06. The Bertz CT molecular complexity index is 930. The molecule has 0 unspecified atom stereocenters. The number of methoxy groups -OCH3 is 1. The molecule has 1 aromatic heterocycles. The molecule has 0 saturated carbocycles. The Balaban J connectivity index is 0.00000363. The van der Waals surface area contributed by atoms with E-state index in [1.165, 1.54) is 0 Å². The van der Waals surface area contributed by atoms with E-state index in [-0.39, 0.29) is 24.0 Å². The molecule has 0 atom stereocenters. The fraction of sp³-hybridized carbons (Fsp3) is 0.333. The van der Waals surface area contributed by atoms with Crippen LogP contribution in [0, 0.1) is 0 Å². The van der Waals surface area contributed by atoms with Crippen LogP contribution in [0.4, 0.5) is 0 Å². The average Bonchev–Trinajstić information content (AvgIpc) is 3.35. The van der Waals surface area contributed by atoms with Crippen LogP contribution in [0.1, 0.15) is 24.5 Å². The number of aliphatic imine (C=N–C) groups is 1. The van der Waals surface area contributed by atoms with E-state index in [2.05, 4.69) is 27.8 Å². The summed E-state index contributed by atoms with van der Waals surface area (Å²) in [6, 6.07) is 16.2. The van der Waals surface area contributed by atoms with E-state index in [1.54, 1.807) is 13.3 Å². The molecule has 0 saturated heterocycles. The Morgan fingerprint density at radius 1 is 1.09 bits per heavy atom. The van der Waals surface area contributed by atoms with Gasteiger partial charge in [0.25, 0.3) is 0 Å². The van der Waals surface area contributed by atoms with Crippen LogP contribution in [0.15, 0.2) is 72.2 Å². The molecule has 0 bridgehead atoms. The number of hydrogen-bond donors (Lipinski definition) is 2. The van der Waals surface area contributed by atoms with Gasteiger partial charge in [-0.15, -0.1) is 24.0 Å². The number of nitrogens with zero attached hydrogens (tertiary/aromatic N) is 3. The molecule has 32 heavy (non-hydrogen) atoms. The van der Waals surface area contributed by atoms with Crippen LogP contribution in [-0.4, -0.2) is 42.4 Å². The first-order valence-corrected chi connectivity index (χ1v) is 10.6. The number of hydrogen-bond acceptors (Lipinski definition) is 4. The Kier molecular flexibility index (Phi) is 11.6. The second-order valence-electron chi connectivity index (χ2n) is 6.94. The Hall–Kier alpha value is -2.59. The van der Waals surface area contributed by atoms with Crippen LogP contribution in [0.25, 0.3) is 5.69 Å². The normalized spacial score (nSPS) is 11.0. The lowest BCUT2D eigenvalue weighted by Crippen LogP contribution is -2.38. The van der Waals surface area contributed by atoms with Gasteiger partial charge in [-0.3, -0.25) is 0 Å². The Morgan fingerprint density at radius 3 is 2.62 bits per heavy atom. The third kappa shape index (κ3) is 8.16. The van der Waals surface area contributed by atoms with Gasteiger partial charge in [0.1, 0.15) is 5.75 Å². The van der Waals surface area contributed by atoms with E-state index in [1.807, 2.05) is 60.4 Å². The maximum atomic E-state index is 5.43. The van der Waals surface area contributed by atoms with E-state index in [9.17, 15) is 0 Å². The van der Waals surface area contributed by atoms with Crippen molar-refractivity contribution >= 4 is 29.9 Å². The predicted molar refractivity (Wildman–Crippen MR) is 139 cm³/mol.